The summed E-state index contributed by atoms with van der Waals surface area (Å²) in [4.78, 5) is 35.0. The van der Waals surface area contributed by atoms with Crippen LogP contribution < -0.4 is 10.6 Å². The van der Waals surface area contributed by atoms with Gasteiger partial charge in [-0.25, -0.2) is 4.79 Å². The summed E-state index contributed by atoms with van der Waals surface area (Å²) in [5.74, 6) is -0.785. The molecular weight excluding hydrogens is 374 g/mol. The van der Waals surface area contributed by atoms with Crippen LogP contribution in [0.2, 0.25) is 0 Å². The van der Waals surface area contributed by atoms with Gasteiger partial charge in [-0.1, -0.05) is 0 Å². The zero-order chi connectivity index (χ0) is 19.3. The zero-order valence-electron chi connectivity index (χ0n) is 16.3. The molecule has 156 valence electrons. The Labute approximate surface area is 166 Å². The Bertz CT molecular complexity index is 528. The van der Waals surface area contributed by atoms with E-state index >= 15 is 0 Å². The number of carboxylic acid groups (broad SMARTS) is 1. The molecule has 2 amide bonds. The second-order valence-corrected chi connectivity index (χ2v) is 8.22. The van der Waals surface area contributed by atoms with Crippen LogP contribution in [-0.2, 0) is 14.3 Å². The topological polar surface area (TPSA) is 108 Å². The van der Waals surface area contributed by atoms with Gasteiger partial charge in [-0.3, -0.25) is 9.59 Å². The summed E-state index contributed by atoms with van der Waals surface area (Å²) in [7, 11) is 0. The fourth-order valence-corrected chi connectivity index (χ4v) is 2.88. The van der Waals surface area contributed by atoms with Crippen molar-refractivity contribution in [3.8, 4) is 0 Å². The van der Waals surface area contributed by atoms with E-state index in [2.05, 4.69) is 10.6 Å². The van der Waals surface area contributed by atoms with Gasteiger partial charge in [0.2, 0.25) is 5.91 Å². The Morgan fingerprint density at radius 1 is 1.11 bits per heavy atom. The summed E-state index contributed by atoms with van der Waals surface area (Å²) < 4.78 is 5.14. The van der Waals surface area contributed by atoms with Crippen molar-refractivity contribution in [3.63, 3.8) is 0 Å². The minimum Gasteiger partial charge on any atom is -0.481 e. The van der Waals surface area contributed by atoms with Crippen LogP contribution in [0.25, 0.3) is 0 Å². The lowest BCUT2D eigenvalue weighted by Gasteiger charge is -2.24. The van der Waals surface area contributed by atoms with E-state index in [1.54, 1.807) is 20.8 Å². The number of nitrogens with zero attached hydrogens (tertiary/aromatic N) is 1. The third-order valence-corrected chi connectivity index (χ3v) is 4.54. The number of ether oxygens (including phenoxy) is 1. The molecule has 0 unspecified atom stereocenters. The number of rotatable bonds is 3. The van der Waals surface area contributed by atoms with E-state index in [-0.39, 0.29) is 30.8 Å². The quantitative estimate of drug-likeness (QED) is 0.658. The van der Waals surface area contributed by atoms with E-state index in [9.17, 15) is 14.4 Å². The molecule has 0 aromatic carbocycles. The summed E-state index contributed by atoms with van der Waals surface area (Å²) in [6.45, 7) is 7.96. The molecule has 1 saturated carbocycles. The Kier molecular flexibility index (Phi) is 8.81. The maximum absolute atomic E-state index is 11.5. The van der Waals surface area contributed by atoms with Crippen molar-refractivity contribution in [1.82, 2.24) is 15.5 Å². The van der Waals surface area contributed by atoms with Crippen molar-refractivity contribution in [2.24, 2.45) is 11.8 Å². The standard InChI is InChI=1S/C10H17NO4.C8H14N2O.ClH/c1-10(2,3)15-9(14)11-5-4-7(6-11)8(12)13;11-8(10-7-1-2-7)6-3-4-9-5-6;/h7H,4-6H2,1-3H3,(H,12,13);6-7,9H,1-5H2,(H,10,11);1H/t7-;6-;/m00./s1. The Morgan fingerprint density at radius 2 is 1.78 bits per heavy atom. The first-order chi connectivity index (χ1) is 12.2. The van der Waals surface area contributed by atoms with Crippen LogP contribution in [0.3, 0.4) is 0 Å². The van der Waals surface area contributed by atoms with Crippen LogP contribution in [0.5, 0.6) is 0 Å². The number of carbonyl (C=O) groups excluding carboxylic acids is 2. The van der Waals surface area contributed by atoms with E-state index in [0.29, 0.717) is 19.0 Å². The van der Waals surface area contributed by atoms with Gasteiger partial charge in [0.1, 0.15) is 5.60 Å². The number of carbonyl (C=O) groups is 3. The number of halogens is 1. The Hall–Kier alpha value is -1.54. The van der Waals surface area contributed by atoms with Gasteiger partial charge in [0.15, 0.2) is 0 Å². The average Bonchev–Trinajstić information content (AvgIpc) is 3.06. The van der Waals surface area contributed by atoms with Crippen LogP contribution in [0.4, 0.5) is 4.79 Å². The predicted molar refractivity (Wildman–Crippen MR) is 103 cm³/mol. The maximum atomic E-state index is 11.5. The van der Waals surface area contributed by atoms with Gasteiger partial charge in [0.05, 0.1) is 11.8 Å². The van der Waals surface area contributed by atoms with Gasteiger partial charge in [-0.2, -0.15) is 0 Å². The molecule has 2 aliphatic heterocycles. The van der Waals surface area contributed by atoms with E-state index in [0.717, 1.165) is 19.5 Å². The molecule has 0 spiro atoms. The monoisotopic (exact) mass is 405 g/mol. The molecule has 3 N–H and O–H groups in total. The molecule has 0 aromatic rings. The van der Waals surface area contributed by atoms with E-state index in [4.69, 9.17) is 9.84 Å². The molecule has 2 heterocycles. The van der Waals surface area contributed by atoms with Crippen LogP contribution in [0, 0.1) is 11.8 Å². The van der Waals surface area contributed by atoms with E-state index in [1.165, 1.54) is 17.7 Å². The van der Waals surface area contributed by atoms with Gasteiger partial charge >= 0.3 is 12.1 Å². The number of hydrogen-bond donors (Lipinski definition) is 3. The average molecular weight is 406 g/mol. The molecule has 2 atom stereocenters. The van der Waals surface area contributed by atoms with Crippen LogP contribution in [-0.4, -0.2) is 65.8 Å². The molecule has 8 nitrogen and oxygen atoms in total. The van der Waals surface area contributed by atoms with Crippen molar-refractivity contribution in [2.45, 2.75) is 58.1 Å². The third-order valence-electron chi connectivity index (χ3n) is 4.54. The lowest BCUT2D eigenvalue weighted by molar-refractivity contribution is -0.141. The number of amides is 2. The summed E-state index contributed by atoms with van der Waals surface area (Å²) in [6, 6.07) is 0.517. The highest BCUT2D eigenvalue weighted by atomic mass is 35.5. The Morgan fingerprint density at radius 3 is 2.22 bits per heavy atom. The third kappa shape index (κ3) is 8.34. The molecule has 2 saturated heterocycles. The molecule has 3 fully saturated rings. The highest BCUT2D eigenvalue weighted by Gasteiger charge is 2.33. The van der Waals surface area contributed by atoms with E-state index in [1.807, 2.05) is 0 Å². The van der Waals surface area contributed by atoms with Gasteiger partial charge in [0.25, 0.3) is 0 Å². The van der Waals surface area contributed by atoms with Crippen molar-refractivity contribution < 1.29 is 24.2 Å². The smallest absolute Gasteiger partial charge is 0.410 e. The second-order valence-electron chi connectivity index (χ2n) is 8.22. The lowest BCUT2D eigenvalue weighted by Crippen LogP contribution is -2.35. The summed E-state index contributed by atoms with van der Waals surface area (Å²) in [6.07, 6.45) is 3.47. The number of aliphatic carboxylic acids is 1. The first kappa shape index (κ1) is 23.5. The zero-order valence-corrected chi connectivity index (χ0v) is 17.1. The molecule has 0 radical (unpaired) electrons. The van der Waals surface area contributed by atoms with Gasteiger partial charge in [0, 0.05) is 25.7 Å². The summed E-state index contributed by atoms with van der Waals surface area (Å²) >= 11 is 0. The highest BCUT2D eigenvalue weighted by Crippen LogP contribution is 2.20. The molecule has 0 bridgehead atoms. The van der Waals surface area contributed by atoms with Crippen molar-refractivity contribution in [1.29, 1.82) is 0 Å². The minimum atomic E-state index is -0.846. The molecule has 27 heavy (non-hydrogen) atoms. The Balaban J connectivity index is 0.000000270. The van der Waals surface area contributed by atoms with E-state index < -0.39 is 23.6 Å². The molecule has 0 aromatic heterocycles. The molecule has 1 aliphatic carbocycles. The maximum Gasteiger partial charge on any atom is 0.410 e. The molecule has 3 aliphatic rings. The largest absolute Gasteiger partial charge is 0.481 e. The minimum absolute atomic E-state index is 0. The van der Waals surface area contributed by atoms with Crippen molar-refractivity contribution in [3.05, 3.63) is 0 Å². The first-order valence-electron chi connectivity index (χ1n) is 9.37. The number of likely N-dealkylation sites (tertiary alicyclic amines) is 1. The predicted octanol–water partition coefficient (Wildman–Crippen LogP) is 1.62. The van der Waals surface area contributed by atoms with Crippen LogP contribution >= 0.6 is 12.4 Å². The normalized spacial score (nSPS) is 24.3. The number of hydrogen-bond acceptors (Lipinski definition) is 5. The van der Waals surface area contributed by atoms with Gasteiger partial charge in [-0.15, -0.1) is 12.4 Å². The molecular formula is C18H32ClN3O5. The van der Waals surface area contributed by atoms with Crippen LogP contribution in [0.15, 0.2) is 0 Å². The second kappa shape index (κ2) is 10.1. The number of carboxylic acids is 1. The SMILES string of the molecule is CC(C)(C)OC(=O)N1CC[C@H](C(=O)O)C1.Cl.O=C(NC1CC1)[C@H]1CCNC1. The first-order valence-corrected chi connectivity index (χ1v) is 9.37. The summed E-state index contributed by atoms with van der Waals surface area (Å²) in [5.41, 5.74) is -0.529. The van der Waals surface area contributed by atoms with Crippen LogP contribution in [0.1, 0.15) is 46.5 Å². The van der Waals surface area contributed by atoms with Crippen molar-refractivity contribution in [2.75, 3.05) is 26.2 Å². The van der Waals surface area contributed by atoms with Crippen molar-refractivity contribution >= 4 is 30.4 Å². The number of nitrogens with one attached hydrogen (secondary N) is 2. The highest BCUT2D eigenvalue weighted by molar-refractivity contribution is 5.85. The molecule has 9 heteroatoms. The van der Waals surface area contributed by atoms with Gasteiger partial charge in [-0.05, 0) is 53.0 Å². The fourth-order valence-electron chi connectivity index (χ4n) is 2.88. The van der Waals surface area contributed by atoms with Gasteiger partial charge < -0.3 is 25.4 Å². The fraction of sp³-hybridized carbons (Fsp3) is 0.833. The molecule has 3 rings (SSSR count). The summed E-state index contributed by atoms with van der Waals surface area (Å²) in [5, 5.41) is 15.0. The lowest BCUT2D eigenvalue weighted by atomic mass is 10.1.